The Morgan fingerprint density at radius 2 is 1.09 bits per heavy atom. The van der Waals surface area contributed by atoms with Gasteiger partial charge in [-0.3, -0.25) is 4.57 Å². The number of hydrogen-bond donors (Lipinski definition) is 0. The molecule has 56 heavy (non-hydrogen) atoms. The highest BCUT2D eigenvalue weighted by Crippen LogP contribution is 2.62. The van der Waals surface area contributed by atoms with Gasteiger partial charge in [0.15, 0.2) is 0 Å². The minimum absolute atomic E-state index is 0.473. The summed E-state index contributed by atoms with van der Waals surface area (Å²) in [5.74, 6) is 0.668. The van der Waals surface area contributed by atoms with Crippen LogP contribution in [0.4, 0.5) is 0 Å². The lowest BCUT2D eigenvalue weighted by Gasteiger charge is -2.37. The van der Waals surface area contributed by atoms with Crippen molar-refractivity contribution >= 4 is 86.2 Å². The zero-order valence-corrected chi connectivity index (χ0v) is 30.6. The smallest absolute Gasteiger partial charge is 0.236 e. The first-order chi connectivity index (χ1) is 27.8. The average molecular weight is 730 g/mol. The van der Waals surface area contributed by atoms with Crippen LogP contribution in [0.15, 0.2) is 168 Å². The van der Waals surface area contributed by atoms with Crippen LogP contribution in [0.2, 0.25) is 0 Å². The number of para-hydroxylation sites is 1. The highest BCUT2D eigenvalue weighted by atomic mass is 32.1. The number of rotatable bonds is 2. The van der Waals surface area contributed by atoms with Gasteiger partial charge in [-0.05, 0) is 74.5 Å². The van der Waals surface area contributed by atoms with E-state index in [9.17, 15) is 0 Å². The molecule has 0 bridgehead atoms. The Labute approximate surface area is 323 Å². The Kier molecular flexibility index (Phi) is 5.31. The first-order valence-corrected chi connectivity index (χ1v) is 19.9. The van der Waals surface area contributed by atoms with Crippen LogP contribution < -0.4 is 0 Å². The molecule has 0 atom stereocenters. The maximum Gasteiger partial charge on any atom is 0.236 e. The highest BCUT2D eigenvalue weighted by Gasteiger charge is 2.50. The molecule has 0 N–H and O–H groups in total. The SMILES string of the molecule is c1ccc2c(c1)-c1ccccc1C21c2cccc3ccc4c(c23)c2c1cccc2n4-c1nc(-c2cccc3oc4ccccc4c23)c2c(n1)sc1ccccc12. The summed E-state index contributed by atoms with van der Waals surface area (Å²) in [6.07, 6.45) is 0. The van der Waals surface area contributed by atoms with Gasteiger partial charge in [-0.25, -0.2) is 9.97 Å². The van der Waals surface area contributed by atoms with Gasteiger partial charge in [0.2, 0.25) is 5.95 Å². The lowest BCUT2D eigenvalue weighted by molar-refractivity contribution is 0.669. The standard InChI is InChI=1S/C51H27N3OS/c1-5-18-34-29(13-1)30-14-2-6-19-35(30)51(34)36-20-9-12-28-26-27-39-47(43(28)36)46-37(51)21-11-22-38(46)54(39)50-52-48(45-32-16-4-8-25-42(32)56-49(45)53-50)33-17-10-24-41-44(33)31-15-3-7-23-40(31)55-41/h1-27H. The van der Waals surface area contributed by atoms with Crippen molar-refractivity contribution in [2.24, 2.45) is 0 Å². The molecule has 0 unspecified atom stereocenters. The second kappa shape index (κ2) is 10.2. The van der Waals surface area contributed by atoms with E-state index in [2.05, 4.69) is 156 Å². The van der Waals surface area contributed by atoms with Crippen molar-refractivity contribution in [1.29, 1.82) is 0 Å². The van der Waals surface area contributed by atoms with Crippen LogP contribution >= 0.6 is 11.3 Å². The quantitative estimate of drug-likeness (QED) is 0.178. The molecule has 4 heterocycles. The Bertz CT molecular complexity index is 3690. The number of furan rings is 1. The lowest BCUT2D eigenvalue weighted by atomic mass is 9.63. The second-order valence-corrected chi connectivity index (χ2v) is 16.2. The largest absolute Gasteiger partial charge is 0.456 e. The van der Waals surface area contributed by atoms with Crippen LogP contribution in [0, 0.1) is 0 Å². The summed E-state index contributed by atoms with van der Waals surface area (Å²) in [6, 6.07) is 59.6. The summed E-state index contributed by atoms with van der Waals surface area (Å²) >= 11 is 1.73. The molecule has 5 heteroatoms. The Morgan fingerprint density at radius 3 is 1.95 bits per heavy atom. The first-order valence-electron chi connectivity index (χ1n) is 19.1. The maximum absolute atomic E-state index is 6.42. The third-order valence-corrected chi connectivity index (χ3v) is 13.7. The molecule has 4 aromatic heterocycles. The van der Waals surface area contributed by atoms with Gasteiger partial charge < -0.3 is 4.42 Å². The van der Waals surface area contributed by atoms with Crippen molar-refractivity contribution in [2.75, 3.05) is 0 Å². The van der Waals surface area contributed by atoms with Crippen LogP contribution in [-0.4, -0.2) is 14.5 Å². The number of fused-ring (bicyclic) bond motifs is 13. The van der Waals surface area contributed by atoms with E-state index in [0.717, 1.165) is 59.8 Å². The molecular weight excluding hydrogens is 703 g/mol. The zero-order valence-electron chi connectivity index (χ0n) is 29.7. The van der Waals surface area contributed by atoms with Gasteiger partial charge in [0.1, 0.15) is 16.0 Å². The molecule has 4 nitrogen and oxygen atoms in total. The zero-order chi connectivity index (χ0) is 36.3. The van der Waals surface area contributed by atoms with E-state index in [1.54, 1.807) is 11.3 Å². The molecule has 0 fully saturated rings. The molecule has 0 saturated heterocycles. The van der Waals surface area contributed by atoms with Gasteiger partial charge in [0.25, 0.3) is 0 Å². The van der Waals surface area contributed by atoms with E-state index in [1.165, 1.54) is 59.6 Å². The van der Waals surface area contributed by atoms with Crippen LogP contribution in [0.5, 0.6) is 0 Å². The molecule has 1 spiro atoms. The minimum atomic E-state index is -0.473. The van der Waals surface area contributed by atoms with Crippen LogP contribution in [0.1, 0.15) is 22.3 Å². The molecule has 2 aliphatic rings. The van der Waals surface area contributed by atoms with Crippen molar-refractivity contribution in [1.82, 2.24) is 14.5 Å². The van der Waals surface area contributed by atoms with Crippen LogP contribution in [0.3, 0.4) is 0 Å². The molecule has 0 saturated carbocycles. The third kappa shape index (κ3) is 3.35. The monoisotopic (exact) mass is 729 g/mol. The highest BCUT2D eigenvalue weighted by molar-refractivity contribution is 7.25. The third-order valence-electron chi connectivity index (χ3n) is 12.6. The van der Waals surface area contributed by atoms with E-state index < -0.39 is 5.41 Å². The van der Waals surface area contributed by atoms with Gasteiger partial charge in [0.05, 0.1) is 22.1 Å². The molecule has 8 aromatic carbocycles. The van der Waals surface area contributed by atoms with Crippen molar-refractivity contribution in [3.05, 3.63) is 186 Å². The summed E-state index contributed by atoms with van der Waals surface area (Å²) in [6.45, 7) is 0. The Hall–Kier alpha value is -7.08. The molecule has 14 rings (SSSR count). The van der Waals surface area contributed by atoms with Gasteiger partial charge >= 0.3 is 0 Å². The van der Waals surface area contributed by atoms with E-state index in [-0.39, 0.29) is 0 Å². The van der Waals surface area contributed by atoms with E-state index in [4.69, 9.17) is 14.4 Å². The van der Waals surface area contributed by atoms with Gasteiger partial charge in [-0.15, -0.1) is 11.3 Å². The van der Waals surface area contributed by atoms with Gasteiger partial charge in [-0.2, -0.15) is 0 Å². The fourth-order valence-electron chi connectivity index (χ4n) is 10.6. The van der Waals surface area contributed by atoms with Crippen molar-refractivity contribution in [3.8, 4) is 28.3 Å². The number of nitrogens with zero attached hydrogens (tertiary/aromatic N) is 3. The summed E-state index contributed by atoms with van der Waals surface area (Å²) in [7, 11) is 0. The molecule has 0 radical (unpaired) electrons. The predicted octanol–water partition coefficient (Wildman–Crippen LogP) is 13.3. The second-order valence-electron chi connectivity index (χ2n) is 15.2. The van der Waals surface area contributed by atoms with Crippen molar-refractivity contribution in [3.63, 3.8) is 0 Å². The van der Waals surface area contributed by atoms with Gasteiger partial charge in [0, 0.05) is 42.6 Å². The topological polar surface area (TPSA) is 43.9 Å². The minimum Gasteiger partial charge on any atom is -0.456 e. The Balaban J connectivity index is 1.16. The molecular formula is C51H27N3OS. The Morgan fingerprint density at radius 1 is 0.446 bits per heavy atom. The fraction of sp³-hybridized carbons (Fsp3) is 0.0196. The normalized spacial score (nSPS) is 13.9. The van der Waals surface area contributed by atoms with E-state index in [0.29, 0.717) is 5.95 Å². The molecule has 2 aliphatic carbocycles. The van der Waals surface area contributed by atoms with Crippen molar-refractivity contribution in [2.45, 2.75) is 5.41 Å². The molecule has 12 aromatic rings. The van der Waals surface area contributed by atoms with E-state index >= 15 is 0 Å². The fourth-order valence-corrected chi connectivity index (χ4v) is 11.7. The molecule has 0 amide bonds. The van der Waals surface area contributed by atoms with E-state index in [1.807, 2.05) is 12.1 Å². The number of aromatic nitrogens is 3. The van der Waals surface area contributed by atoms with Gasteiger partial charge in [-0.1, -0.05) is 133 Å². The molecule has 0 aliphatic heterocycles. The average Bonchev–Trinajstić information content (AvgIpc) is 4.00. The molecule has 258 valence electrons. The maximum atomic E-state index is 6.42. The number of hydrogen-bond acceptors (Lipinski definition) is 4. The van der Waals surface area contributed by atoms with Crippen molar-refractivity contribution < 1.29 is 4.42 Å². The van der Waals surface area contributed by atoms with Crippen LogP contribution in [0.25, 0.3) is 103 Å². The predicted molar refractivity (Wildman–Crippen MR) is 230 cm³/mol. The van der Waals surface area contributed by atoms with Crippen LogP contribution in [-0.2, 0) is 5.41 Å². The first kappa shape index (κ1) is 29.3. The lowest BCUT2D eigenvalue weighted by Crippen LogP contribution is -2.30. The summed E-state index contributed by atoms with van der Waals surface area (Å²) in [5.41, 5.74) is 13.3. The number of benzene rings is 8. The summed E-state index contributed by atoms with van der Waals surface area (Å²) in [5, 5.41) is 9.47. The summed E-state index contributed by atoms with van der Waals surface area (Å²) in [4.78, 5) is 12.1. The number of thiophene rings is 1. The summed E-state index contributed by atoms with van der Waals surface area (Å²) < 4.78 is 9.95.